The molecule has 1 atom stereocenters. The Morgan fingerprint density at radius 3 is 2.38 bits per heavy atom. The van der Waals surface area contributed by atoms with Gasteiger partial charge in [0.2, 0.25) is 0 Å². The number of carbonyl (C=O) groups excluding carboxylic acids is 1. The van der Waals surface area contributed by atoms with Crippen molar-refractivity contribution in [3.8, 4) is 0 Å². The molecule has 5 nitrogen and oxygen atoms in total. The van der Waals surface area contributed by atoms with Crippen LogP contribution in [0, 0.1) is 0 Å². The van der Waals surface area contributed by atoms with Crippen molar-refractivity contribution in [2.24, 2.45) is 10.8 Å². The van der Waals surface area contributed by atoms with Crippen LogP contribution >= 0.6 is 31.9 Å². The Morgan fingerprint density at radius 2 is 1.69 bits per heavy atom. The summed E-state index contributed by atoms with van der Waals surface area (Å²) in [6.07, 6.45) is 0. The lowest BCUT2D eigenvalue weighted by Crippen LogP contribution is -2.46. The van der Waals surface area contributed by atoms with Crippen molar-refractivity contribution >= 4 is 49.3 Å². The largest absolute Gasteiger partial charge is 0.336 e. The number of rotatable bonds is 4. The highest BCUT2D eigenvalue weighted by Crippen LogP contribution is 2.41. The molecule has 7 heteroatoms. The van der Waals surface area contributed by atoms with Crippen LogP contribution in [0.3, 0.4) is 0 Å². The summed E-state index contributed by atoms with van der Waals surface area (Å²) in [5, 5.41) is 0. The molecule has 1 amide bonds. The molecule has 29 heavy (non-hydrogen) atoms. The molecule has 3 N–H and O–H groups in total. The second-order valence-corrected chi connectivity index (χ2v) is 8.49. The molecule has 0 aliphatic carbocycles. The summed E-state index contributed by atoms with van der Waals surface area (Å²) in [6.45, 7) is 0.0803. The fourth-order valence-electron chi connectivity index (χ4n) is 3.51. The van der Waals surface area contributed by atoms with Crippen molar-refractivity contribution in [2.75, 3.05) is 6.54 Å². The van der Waals surface area contributed by atoms with Gasteiger partial charge in [-0.05, 0) is 35.9 Å². The molecule has 3 aromatic carbocycles. The van der Waals surface area contributed by atoms with Crippen molar-refractivity contribution in [1.82, 2.24) is 10.3 Å². The van der Waals surface area contributed by atoms with E-state index in [1.165, 1.54) is 0 Å². The molecule has 0 saturated heterocycles. The van der Waals surface area contributed by atoms with Gasteiger partial charge in [0.25, 0.3) is 5.91 Å². The number of carbonyl (C=O) groups is 1. The molecule has 3 aromatic rings. The van der Waals surface area contributed by atoms with Gasteiger partial charge in [-0.3, -0.25) is 10.2 Å². The molecule has 146 valence electrons. The number of nitrogens with one attached hydrogen (secondary N) is 1. The van der Waals surface area contributed by atoms with Crippen LogP contribution in [-0.4, -0.2) is 23.2 Å². The van der Waals surface area contributed by atoms with E-state index in [0.29, 0.717) is 0 Å². The van der Waals surface area contributed by atoms with Gasteiger partial charge in [-0.25, -0.2) is 10.8 Å². The Balaban J connectivity index is 1.94. The van der Waals surface area contributed by atoms with Gasteiger partial charge in [0.1, 0.15) is 12.4 Å². The zero-order valence-corrected chi connectivity index (χ0v) is 18.5. The molecular weight excluding hydrogens is 496 g/mol. The zero-order chi connectivity index (χ0) is 20.4. The lowest BCUT2D eigenvalue weighted by molar-refractivity contribution is -0.121. The average Bonchev–Trinajstić information content (AvgIpc) is 2.74. The van der Waals surface area contributed by atoms with Crippen molar-refractivity contribution in [1.29, 1.82) is 0 Å². The molecule has 0 unspecified atom stereocenters. The van der Waals surface area contributed by atoms with E-state index in [1.807, 2.05) is 59.5 Å². The Morgan fingerprint density at radius 1 is 1.00 bits per heavy atom. The lowest BCUT2D eigenvalue weighted by atomic mass is 9.93. The second kappa shape index (κ2) is 8.49. The van der Waals surface area contributed by atoms with Crippen molar-refractivity contribution in [3.05, 3.63) is 98.4 Å². The summed E-state index contributed by atoms with van der Waals surface area (Å²) < 4.78 is 1.94. The highest BCUT2D eigenvalue weighted by molar-refractivity contribution is 9.10. The highest BCUT2D eigenvalue weighted by Gasteiger charge is 2.33. The minimum Gasteiger partial charge on any atom is -0.336 e. The fraction of sp³-hybridized carbons (Fsp3) is 0.0909. The van der Waals surface area contributed by atoms with Gasteiger partial charge in [0.05, 0.1) is 11.7 Å². The number of amidine groups is 1. The minimum atomic E-state index is -0.283. The summed E-state index contributed by atoms with van der Waals surface area (Å²) in [4.78, 5) is 19.2. The summed E-state index contributed by atoms with van der Waals surface area (Å²) in [7, 11) is 0. The first-order valence-corrected chi connectivity index (χ1v) is 10.6. The Kier molecular flexibility index (Phi) is 5.80. The number of benzene rings is 3. The third kappa shape index (κ3) is 4.12. The molecule has 0 saturated carbocycles. The number of nitrogens with zero attached hydrogens (tertiary/aromatic N) is 2. The van der Waals surface area contributed by atoms with Crippen molar-refractivity contribution in [3.63, 3.8) is 0 Å². The Bertz CT molecular complexity index is 1070. The molecule has 0 fully saturated rings. The van der Waals surface area contributed by atoms with E-state index in [0.717, 1.165) is 37.2 Å². The molecule has 1 aliphatic rings. The molecule has 0 aromatic heterocycles. The van der Waals surface area contributed by atoms with E-state index in [2.05, 4.69) is 55.5 Å². The molecular formula is C22H18Br2N4O. The summed E-state index contributed by atoms with van der Waals surface area (Å²) in [5.74, 6) is 5.86. The second-order valence-electron chi connectivity index (χ2n) is 6.65. The van der Waals surface area contributed by atoms with E-state index >= 15 is 0 Å². The van der Waals surface area contributed by atoms with Gasteiger partial charge in [-0.2, -0.15) is 0 Å². The summed E-state index contributed by atoms with van der Waals surface area (Å²) in [6, 6.07) is 23.9. The number of hydrogen-bond acceptors (Lipinski definition) is 4. The number of aliphatic imine (C=N–C) groups is 1. The minimum absolute atomic E-state index is 0.0803. The van der Waals surface area contributed by atoms with Crippen LogP contribution in [0.15, 0.2) is 86.7 Å². The van der Waals surface area contributed by atoms with Gasteiger partial charge < -0.3 is 4.90 Å². The third-order valence-electron chi connectivity index (χ3n) is 4.79. The normalized spacial score (nSPS) is 15.5. The van der Waals surface area contributed by atoms with Gasteiger partial charge >= 0.3 is 0 Å². The number of amides is 1. The number of hydrogen-bond donors (Lipinski definition) is 2. The van der Waals surface area contributed by atoms with Crippen LogP contribution in [0.1, 0.15) is 22.7 Å². The van der Waals surface area contributed by atoms with Crippen LogP contribution in [-0.2, 0) is 4.79 Å². The van der Waals surface area contributed by atoms with Crippen LogP contribution in [0.2, 0.25) is 0 Å². The van der Waals surface area contributed by atoms with E-state index < -0.39 is 0 Å². The number of nitrogens with two attached hydrogens (primary N) is 1. The number of hydrazine groups is 1. The quantitative estimate of drug-likeness (QED) is 0.302. The molecule has 0 spiro atoms. The van der Waals surface area contributed by atoms with E-state index in [4.69, 9.17) is 10.8 Å². The first-order chi connectivity index (χ1) is 14.1. The Labute approximate surface area is 185 Å². The van der Waals surface area contributed by atoms with Gasteiger partial charge in [-0.1, -0.05) is 74.3 Å². The van der Waals surface area contributed by atoms with Gasteiger partial charge in [0, 0.05) is 20.1 Å². The maximum Gasteiger partial charge on any atom is 0.253 e. The Hall–Kier alpha value is -2.48. The lowest BCUT2D eigenvalue weighted by Gasteiger charge is -2.38. The standard InChI is InChI=1S/C22H18Br2N4O/c23-16-8-6-15(7-9-16)22-26-19-11-10-17(24)12-18(19)21(14-4-2-1-3-5-14)28(22)13-20(29)27-25/h1-12,21H,13,25H2,(H,27,29)/t21-/m1/s1. The molecule has 1 heterocycles. The first kappa shape index (κ1) is 19.8. The smallest absolute Gasteiger partial charge is 0.253 e. The van der Waals surface area contributed by atoms with E-state index in [1.54, 1.807) is 0 Å². The molecule has 4 rings (SSSR count). The first-order valence-electron chi connectivity index (χ1n) is 9.02. The maximum atomic E-state index is 12.3. The molecule has 0 radical (unpaired) electrons. The maximum absolute atomic E-state index is 12.3. The third-order valence-corrected chi connectivity index (χ3v) is 5.81. The molecule has 1 aliphatic heterocycles. The fourth-order valence-corrected chi connectivity index (χ4v) is 4.15. The summed E-state index contributed by atoms with van der Waals surface area (Å²) >= 11 is 7.05. The van der Waals surface area contributed by atoms with E-state index in [9.17, 15) is 4.79 Å². The number of halogens is 2. The topological polar surface area (TPSA) is 70.7 Å². The molecule has 0 bridgehead atoms. The van der Waals surface area contributed by atoms with Crippen LogP contribution < -0.4 is 11.3 Å². The van der Waals surface area contributed by atoms with Crippen molar-refractivity contribution < 1.29 is 4.79 Å². The van der Waals surface area contributed by atoms with E-state index in [-0.39, 0.29) is 18.5 Å². The van der Waals surface area contributed by atoms with Crippen LogP contribution in [0.5, 0.6) is 0 Å². The zero-order valence-electron chi connectivity index (χ0n) is 15.3. The van der Waals surface area contributed by atoms with Gasteiger partial charge in [0.15, 0.2) is 0 Å². The average molecular weight is 514 g/mol. The monoisotopic (exact) mass is 512 g/mol. The SMILES string of the molecule is NNC(=O)CN1C(c2ccc(Br)cc2)=Nc2ccc(Br)cc2[C@H]1c1ccccc1. The van der Waals surface area contributed by atoms with Crippen LogP contribution in [0.4, 0.5) is 5.69 Å². The predicted octanol–water partition coefficient (Wildman–Crippen LogP) is 4.68. The van der Waals surface area contributed by atoms with Crippen LogP contribution in [0.25, 0.3) is 0 Å². The van der Waals surface area contributed by atoms with Gasteiger partial charge in [-0.15, -0.1) is 0 Å². The highest BCUT2D eigenvalue weighted by atomic mass is 79.9. The summed E-state index contributed by atoms with van der Waals surface area (Å²) in [5.41, 5.74) is 6.15. The predicted molar refractivity (Wildman–Crippen MR) is 122 cm³/mol. The van der Waals surface area contributed by atoms with Crippen molar-refractivity contribution in [2.45, 2.75) is 6.04 Å². The number of fused-ring (bicyclic) bond motifs is 1.